The third-order valence-electron chi connectivity index (χ3n) is 4.36. The van der Waals surface area contributed by atoms with Gasteiger partial charge >= 0.3 is 0 Å². The topological polar surface area (TPSA) is 88.5 Å². The summed E-state index contributed by atoms with van der Waals surface area (Å²) in [5.74, 6) is -0.136. The fourth-order valence-corrected chi connectivity index (χ4v) is 3.10. The van der Waals surface area contributed by atoms with E-state index in [9.17, 15) is 4.79 Å². The number of aromatic amines is 1. The number of benzene rings is 2. The highest BCUT2D eigenvalue weighted by Gasteiger charge is 2.23. The van der Waals surface area contributed by atoms with Gasteiger partial charge in [-0.3, -0.25) is 4.79 Å². The van der Waals surface area contributed by atoms with E-state index in [1.54, 1.807) is 0 Å². The Hall–Kier alpha value is -3.48. The molecular weight excluding hydrogens is 328 g/mol. The lowest BCUT2D eigenvalue weighted by Gasteiger charge is -2.16. The van der Waals surface area contributed by atoms with E-state index in [0.29, 0.717) is 6.54 Å². The molecule has 0 saturated heterocycles. The number of rotatable bonds is 6. The summed E-state index contributed by atoms with van der Waals surface area (Å²) in [5, 5.41) is 15.4. The molecule has 26 heavy (non-hydrogen) atoms. The van der Waals surface area contributed by atoms with Crippen molar-refractivity contribution in [3.05, 3.63) is 78.2 Å². The zero-order valence-electron chi connectivity index (χ0n) is 14.0. The number of fused-ring (bicyclic) bond motifs is 1. The quantitative estimate of drug-likeness (QED) is 0.560. The molecule has 0 aliphatic rings. The van der Waals surface area contributed by atoms with Crippen LogP contribution in [0.3, 0.4) is 0 Å². The Morgan fingerprint density at radius 3 is 2.73 bits per heavy atom. The number of aromatic nitrogens is 5. The van der Waals surface area contributed by atoms with E-state index in [1.165, 1.54) is 22.0 Å². The summed E-state index contributed by atoms with van der Waals surface area (Å²) in [7, 11) is 0. The molecule has 0 aliphatic heterocycles. The largest absolute Gasteiger partial charge is 0.361 e. The summed E-state index contributed by atoms with van der Waals surface area (Å²) in [4.78, 5) is 16.1. The second-order valence-corrected chi connectivity index (χ2v) is 6.00. The zero-order valence-corrected chi connectivity index (χ0v) is 14.0. The minimum absolute atomic E-state index is 0.136. The predicted octanol–water partition coefficient (Wildman–Crippen LogP) is 2.10. The second-order valence-electron chi connectivity index (χ2n) is 6.00. The van der Waals surface area contributed by atoms with Gasteiger partial charge in [-0.05, 0) is 34.0 Å². The Bertz CT molecular complexity index is 993. The molecule has 1 atom stereocenters. The van der Waals surface area contributed by atoms with Gasteiger partial charge in [0.15, 0.2) is 6.04 Å². The fraction of sp³-hybridized carbons (Fsp3) is 0.158. The lowest BCUT2D eigenvalue weighted by molar-refractivity contribution is -0.123. The van der Waals surface area contributed by atoms with Crippen molar-refractivity contribution in [3.8, 4) is 0 Å². The van der Waals surface area contributed by atoms with Gasteiger partial charge in [0, 0.05) is 23.6 Å². The lowest BCUT2D eigenvalue weighted by Crippen LogP contribution is -2.34. The molecule has 1 amide bonds. The number of para-hydroxylation sites is 1. The summed E-state index contributed by atoms with van der Waals surface area (Å²) in [5.41, 5.74) is 3.12. The maximum atomic E-state index is 12.8. The molecule has 130 valence electrons. The number of nitrogens with zero attached hydrogens (tertiary/aromatic N) is 4. The van der Waals surface area contributed by atoms with Crippen LogP contribution in [0.4, 0.5) is 0 Å². The molecule has 0 fully saturated rings. The van der Waals surface area contributed by atoms with E-state index in [0.717, 1.165) is 17.5 Å². The second kappa shape index (κ2) is 7.18. The lowest BCUT2D eigenvalue weighted by atomic mass is 10.1. The molecule has 7 heteroatoms. The normalized spacial score (nSPS) is 12.2. The van der Waals surface area contributed by atoms with Gasteiger partial charge in [0.05, 0.1) is 0 Å². The van der Waals surface area contributed by atoms with Crippen molar-refractivity contribution in [3.63, 3.8) is 0 Å². The maximum absolute atomic E-state index is 12.8. The first-order chi connectivity index (χ1) is 12.8. The van der Waals surface area contributed by atoms with Crippen molar-refractivity contribution in [1.29, 1.82) is 0 Å². The minimum atomic E-state index is -0.589. The predicted molar refractivity (Wildman–Crippen MR) is 97.4 cm³/mol. The van der Waals surface area contributed by atoms with Crippen LogP contribution in [0.1, 0.15) is 17.2 Å². The minimum Gasteiger partial charge on any atom is -0.361 e. The Balaban J connectivity index is 1.47. The van der Waals surface area contributed by atoms with E-state index >= 15 is 0 Å². The SMILES string of the molecule is O=C(NCCc1c[nH]c2ccccc12)[C@H](c1ccccc1)n1cnnn1. The summed E-state index contributed by atoms with van der Waals surface area (Å²) in [6, 6.07) is 17.0. The van der Waals surface area contributed by atoms with Gasteiger partial charge in [0.1, 0.15) is 6.33 Å². The van der Waals surface area contributed by atoms with E-state index in [2.05, 4.69) is 31.9 Å². The van der Waals surface area contributed by atoms with Gasteiger partial charge in [0.25, 0.3) is 0 Å². The van der Waals surface area contributed by atoms with Crippen molar-refractivity contribution in [2.45, 2.75) is 12.5 Å². The summed E-state index contributed by atoms with van der Waals surface area (Å²) in [6.07, 6.45) is 4.19. The van der Waals surface area contributed by atoms with Gasteiger partial charge in [-0.2, -0.15) is 0 Å². The van der Waals surface area contributed by atoms with Gasteiger partial charge < -0.3 is 10.3 Å². The first-order valence-electron chi connectivity index (χ1n) is 8.43. The average Bonchev–Trinajstić information content (AvgIpc) is 3.34. The molecule has 0 saturated carbocycles. The van der Waals surface area contributed by atoms with Crippen molar-refractivity contribution < 1.29 is 4.79 Å². The molecule has 2 heterocycles. The van der Waals surface area contributed by atoms with Gasteiger partial charge in [-0.1, -0.05) is 48.5 Å². The van der Waals surface area contributed by atoms with Crippen molar-refractivity contribution >= 4 is 16.8 Å². The fourth-order valence-electron chi connectivity index (χ4n) is 3.10. The molecule has 4 aromatic rings. The monoisotopic (exact) mass is 346 g/mol. The van der Waals surface area contributed by atoms with Gasteiger partial charge in [-0.15, -0.1) is 5.10 Å². The zero-order chi connectivity index (χ0) is 17.8. The number of carbonyl (C=O) groups excluding carboxylic acids is 1. The van der Waals surface area contributed by atoms with E-state index in [1.807, 2.05) is 54.7 Å². The molecule has 0 spiro atoms. The van der Waals surface area contributed by atoms with Crippen molar-refractivity contribution in [1.82, 2.24) is 30.5 Å². The number of nitrogens with one attached hydrogen (secondary N) is 2. The third kappa shape index (κ3) is 3.19. The number of H-pyrrole nitrogens is 1. The van der Waals surface area contributed by atoms with E-state index in [-0.39, 0.29) is 5.91 Å². The van der Waals surface area contributed by atoms with Crippen LogP contribution < -0.4 is 5.32 Å². The van der Waals surface area contributed by atoms with Crippen LogP contribution in [0.5, 0.6) is 0 Å². The molecule has 0 radical (unpaired) electrons. The smallest absolute Gasteiger partial charge is 0.249 e. The molecule has 0 bridgehead atoms. The van der Waals surface area contributed by atoms with E-state index in [4.69, 9.17) is 0 Å². The molecule has 2 N–H and O–H groups in total. The Labute approximate surface area is 150 Å². The summed E-state index contributed by atoms with van der Waals surface area (Å²) in [6.45, 7) is 0.534. The number of carbonyl (C=O) groups is 1. The summed E-state index contributed by atoms with van der Waals surface area (Å²) >= 11 is 0. The molecular formula is C19H18N6O. The standard InChI is InChI=1S/C19H18N6O/c26-19(18(25-13-22-23-24-25)14-6-2-1-3-7-14)20-11-10-15-12-21-17-9-5-4-8-16(15)17/h1-9,12-13,18,21H,10-11H2,(H,20,26)/t18-/m0/s1. The highest BCUT2D eigenvalue weighted by Crippen LogP contribution is 2.19. The van der Waals surface area contributed by atoms with Gasteiger partial charge in [0.2, 0.25) is 5.91 Å². The first kappa shape index (κ1) is 16.0. The molecule has 2 aromatic carbocycles. The Kier molecular flexibility index (Phi) is 4.42. The molecule has 4 rings (SSSR count). The number of amides is 1. The van der Waals surface area contributed by atoms with Crippen LogP contribution in [0.2, 0.25) is 0 Å². The number of hydrogen-bond donors (Lipinski definition) is 2. The van der Waals surface area contributed by atoms with Crippen molar-refractivity contribution in [2.24, 2.45) is 0 Å². The third-order valence-corrected chi connectivity index (χ3v) is 4.36. The maximum Gasteiger partial charge on any atom is 0.249 e. The van der Waals surface area contributed by atoms with E-state index < -0.39 is 6.04 Å². The molecule has 0 aliphatic carbocycles. The molecule has 2 aromatic heterocycles. The van der Waals surface area contributed by atoms with Crippen LogP contribution >= 0.6 is 0 Å². The molecule has 0 unspecified atom stereocenters. The first-order valence-corrected chi connectivity index (χ1v) is 8.43. The van der Waals surface area contributed by atoms with Crippen LogP contribution in [0, 0.1) is 0 Å². The van der Waals surface area contributed by atoms with Crippen LogP contribution in [-0.4, -0.2) is 37.6 Å². The Morgan fingerprint density at radius 2 is 1.92 bits per heavy atom. The summed E-state index contributed by atoms with van der Waals surface area (Å²) < 4.78 is 1.47. The Morgan fingerprint density at radius 1 is 1.12 bits per heavy atom. The highest BCUT2D eigenvalue weighted by molar-refractivity contribution is 5.84. The van der Waals surface area contributed by atoms with Crippen molar-refractivity contribution in [2.75, 3.05) is 6.54 Å². The van der Waals surface area contributed by atoms with Crippen LogP contribution in [-0.2, 0) is 11.2 Å². The van der Waals surface area contributed by atoms with Crippen LogP contribution in [0.15, 0.2) is 67.1 Å². The molecule has 7 nitrogen and oxygen atoms in total. The number of tetrazole rings is 1. The van der Waals surface area contributed by atoms with Gasteiger partial charge in [-0.25, -0.2) is 4.68 Å². The highest BCUT2D eigenvalue weighted by atomic mass is 16.2. The number of hydrogen-bond acceptors (Lipinski definition) is 4. The average molecular weight is 346 g/mol. The van der Waals surface area contributed by atoms with Crippen LogP contribution in [0.25, 0.3) is 10.9 Å².